The Morgan fingerprint density at radius 1 is 1.25 bits per heavy atom. The molecule has 0 atom stereocenters. The predicted octanol–water partition coefficient (Wildman–Crippen LogP) is 3.96. The van der Waals surface area contributed by atoms with E-state index in [1.165, 1.54) is 5.57 Å². The lowest BCUT2D eigenvalue weighted by Crippen LogP contribution is -1.90. The molecule has 0 aromatic heterocycles. The molecule has 0 radical (unpaired) electrons. The minimum absolute atomic E-state index is 0.560. The Labute approximate surface area is 120 Å². The van der Waals surface area contributed by atoms with Gasteiger partial charge in [-0.2, -0.15) is 5.26 Å². The number of anilines is 1. The van der Waals surface area contributed by atoms with E-state index in [0.717, 1.165) is 5.57 Å². The van der Waals surface area contributed by atoms with Crippen molar-refractivity contribution < 1.29 is 0 Å². The highest BCUT2D eigenvalue weighted by Gasteiger charge is 1.97. The fraction of sp³-hybridized carbons (Fsp3) is 0.167. The van der Waals surface area contributed by atoms with E-state index in [-0.39, 0.29) is 0 Å². The molecule has 2 heteroatoms. The van der Waals surface area contributed by atoms with Gasteiger partial charge in [0.2, 0.25) is 0 Å². The highest BCUT2D eigenvalue weighted by Crippen LogP contribution is 2.12. The minimum Gasteiger partial charge on any atom is -0.398 e. The van der Waals surface area contributed by atoms with Crippen LogP contribution in [0.3, 0.4) is 0 Å². The largest absolute Gasteiger partial charge is 0.398 e. The number of nitrogens with zero attached hydrogens (tertiary/aromatic N) is 1. The zero-order valence-electron chi connectivity index (χ0n) is 12.1. The number of benzene rings is 1. The summed E-state index contributed by atoms with van der Waals surface area (Å²) >= 11 is 0. The standard InChI is InChI=1S/C18H18N2/c1-4-5-15(7-6-14(2)3)8-10-17-12-16(13-19)9-11-18(17)20/h4-7,9,11-12H,20H2,1-3H3/b5-4-,15-7+. The van der Waals surface area contributed by atoms with Crippen LogP contribution in [0.5, 0.6) is 0 Å². The van der Waals surface area contributed by atoms with E-state index in [1.807, 2.05) is 45.1 Å². The van der Waals surface area contributed by atoms with Gasteiger partial charge in [0.05, 0.1) is 11.6 Å². The Bertz CT molecular complexity index is 668. The van der Waals surface area contributed by atoms with Crippen LogP contribution < -0.4 is 5.73 Å². The molecule has 2 N–H and O–H groups in total. The molecule has 1 aromatic carbocycles. The normalized spacial score (nSPS) is 10.6. The topological polar surface area (TPSA) is 49.8 Å². The first-order chi connectivity index (χ1) is 9.56. The number of rotatable bonds is 2. The molecule has 100 valence electrons. The average molecular weight is 262 g/mol. The SMILES string of the molecule is C/C=C\C(C#Cc1cc(C#N)ccc1N)=C/C=C(C)C. The van der Waals surface area contributed by atoms with E-state index in [1.54, 1.807) is 18.2 Å². The van der Waals surface area contributed by atoms with Crippen molar-refractivity contribution in [2.45, 2.75) is 20.8 Å². The van der Waals surface area contributed by atoms with Gasteiger partial charge in [0.1, 0.15) is 0 Å². The van der Waals surface area contributed by atoms with Crippen LogP contribution in [-0.2, 0) is 0 Å². The summed E-state index contributed by atoms with van der Waals surface area (Å²) in [7, 11) is 0. The van der Waals surface area contributed by atoms with E-state index in [2.05, 4.69) is 17.9 Å². The summed E-state index contributed by atoms with van der Waals surface area (Å²) in [6.45, 7) is 6.01. The third-order valence-corrected chi connectivity index (χ3v) is 2.47. The van der Waals surface area contributed by atoms with Crippen LogP contribution in [0.25, 0.3) is 0 Å². The predicted molar refractivity (Wildman–Crippen MR) is 84.8 cm³/mol. The molecule has 2 nitrogen and oxygen atoms in total. The number of nitrogen functional groups attached to an aromatic ring is 1. The number of allylic oxidation sites excluding steroid dienone is 6. The van der Waals surface area contributed by atoms with E-state index in [0.29, 0.717) is 16.8 Å². The summed E-state index contributed by atoms with van der Waals surface area (Å²) in [4.78, 5) is 0. The molecule has 20 heavy (non-hydrogen) atoms. The van der Waals surface area contributed by atoms with Crippen molar-refractivity contribution in [2.24, 2.45) is 0 Å². The summed E-state index contributed by atoms with van der Waals surface area (Å²) < 4.78 is 0. The lowest BCUT2D eigenvalue weighted by atomic mass is 10.1. The first-order valence-corrected chi connectivity index (χ1v) is 6.36. The van der Waals surface area contributed by atoms with Gasteiger partial charge in [0.25, 0.3) is 0 Å². The molecule has 0 saturated heterocycles. The van der Waals surface area contributed by atoms with Gasteiger partial charge < -0.3 is 5.73 Å². The number of hydrogen-bond acceptors (Lipinski definition) is 2. The van der Waals surface area contributed by atoms with Crippen molar-refractivity contribution in [3.63, 3.8) is 0 Å². The van der Waals surface area contributed by atoms with Crippen molar-refractivity contribution in [2.75, 3.05) is 5.73 Å². The molecule has 0 spiro atoms. The van der Waals surface area contributed by atoms with Gasteiger partial charge in [-0.15, -0.1) is 0 Å². The van der Waals surface area contributed by atoms with Gasteiger partial charge in [0, 0.05) is 16.8 Å². The van der Waals surface area contributed by atoms with Crippen LogP contribution in [0.2, 0.25) is 0 Å². The van der Waals surface area contributed by atoms with Gasteiger partial charge in [-0.1, -0.05) is 35.6 Å². The summed E-state index contributed by atoms with van der Waals surface area (Å²) in [6, 6.07) is 7.18. The second-order valence-corrected chi connectivity index (χ2v) is 4.53. The molecular weight excluding hydrogens is 244 g/mol. The fourth-order valence-corrected chi connectivity index (χ4v) is 1.45. The quantitative estimate of drug-likeness (QED) is 0.498. The molecule has 0 aliphatic carbocycles. The molecule has 0 aliphatic rings. The maximum absolute atomic E-state index is 8.89. The second kappa shape index (κ2) is 7.67. The molecule has 1 rings (SSSR count). The van der Waals surface area contributed by atoms with Crippen molar-refractivity contribution >= 4 is 5.69 Å². The Morgan fingerprint density at radius 2 is 2.00 bits per heavy atom. The summed E-state index contributed by atoms with van der Waals surface area (Å²) in [6.07, 6.45) is 7.86. The van der Waals surface area contributed by atoms with Gasteiger partial charge in [-0.3, -0.25) is 0 Å². The smallest absolute Gasteiger partial charge is 0.0992 e. The molecule has 0 bridgehead atoms. The Kier molecular flexibility index (Phi) is 5.88. The second-order valence-electron chi connectivity index (χ2n) is 4.53. The number of hydrogen-bond donors (Lipinski definition) is 1. The van der Waals surface area contributed by atoms with Crippen LogP contribution in [0, 0.1) is 23.2 Å². The molecule has 0 saturated carbocycles. The molecule has 0 amide bonds. The lowest BCUT2D eigenvalue weighted by molar-refractivity contribution is 1.39. The van der Waals surface area contributed by atoms with Gasteiger partial charge in [-0.25, -0.2) is 0 Å². The zero-order valence-corrected chi connectivity index (χ0v) is 12.1. The van der Waals surface area contributed by atoms with Crippen LogP contribution >= 0.6 is 0 Å². The maximum atomic E-state index is 8.89. The molecule has 0 fully saturated rings. The van der Waals surface area contributed by atoms with Crippen LogP contribution in [-0.4, -0.2) is 0 Å². The van der Waals surface area contributed by atoms with Crippen molar-refractivity contribution in [3.8, 4) is 17.9 Å². The fourth-order valence-electron chi connectivity index (χ4n) is 1.45. The van der Waals surface area contributed by atoms with Crippen molar-refractivity contribution in [1.29, 1.82) is 5.26 Å². The summed E-state index contributed by atoms with van der Waals surface area (Å²) in [5.74, 6) is 6.10. The van der Waals surface area contributed by atoms with Crippen molar-refractivity contribution in [1.82, 2.24) is 0 Å². The Morgan fingerprint density at radius 3 is 2.60 bits per heavy atom. The van der Waals surface area contributed by atoms with Crippen LogP contribution in [0.1, 0.15) is 31.9 Å². The zero-order chi connectivity index (χ0) is 15.0. The van der Waals surface area contributed by atoms with Crippen LogP contribution in [0.15, 0.2) is 53.6 Å². The molecule has 0 aliphatic heterocycles. The van der Waals surface area contributed by atoms with E-state index < -0.39 is 0 Å². The molecule has 1 aromatic rings. The summed E-state index contributed by atoms with van der Waals surface area (Å²) in [5, 5.41) is 8.89. The average Bonchev–Trinajstić information content (AvgIpc) is 2.43. The Hall–Kier alpha value is -2.71. The van der Waals surface area contributed by atoms with Gasteiger partial charge in [0.15, 0.2) is 0 Å². The lowest BCUT2D eigenvalue weighted by Gasteiger charge is -1.97. The summed E-state index contributed by atoms with van der Waals surface area (Å²) in [5.41, 5.74) is 9.79. The highest BCUT2D eigenvalue weighted by atomic mass is 14.5. The third kappa shape index (κ3) is 4.88. The first kappa shape index (κ1) is 15.3. The first-order valence-electron chi connectivity index (χ1n) is 6.36. The van der Waals surface area contributed by atoms with Gasteiger partial charge in [-0.05, 0) is 45.0 Å². The molecular formula is C18H18N2. The van der Waals surface area contributed by atoms with E-state index >= 15 is 0 Å². The van der Waals surface area contributed by atoms with E-state index in [9.17, 15) is 0 Å². The highest BCUT2D eigenvalue weighted by molar-refractivity contribution is 5.60. The number of nitrogens with two attached hydrogens (primary N) is 1. The minimum atomic E-state index is 0.560. The molecule has 0 heterocycles. The van der Waals surface area contributed by atoms with Crippen molar-refractivity contribution in [3.05, 3.63) is 64.8 Å². The van der Waals surface area contributed by atoms with Gasteiger partial charge >= 0.3 is 0 Å². The monoisotopic (exact) mass is 262 g/mol. The third-order valence-electron chi connectivity index (χ3n) is 2.47. The van der Waals surface area contributed by atoms with E-state index in [4.69, 9.17) is 11.0 Å². The molecule has 0 unspecified atom stereocenters. The Balaban J connectivity index is 3.17. The van der Waals surface area contributed by atoms with Crippen LogP contribution in [0.4, 0.5) is 5.69 Å². The number of nitriles is 1. The maximum Gasteiger partial charge on any atom is 0.0992 e.